The number of ether oxygens (including phenoxy) is 2. The largest absolute Gasteiger partial charge is 0.497 e. The Kier molecular flexibility index (Phi) is 4.92. The van der Waals surface area contributed by atoms with Crippen LogP contribution in [-0.4, -0.2) is 49.9 Å². The Bertz CT molecular complexity index is 987. The van der Waals surface area contributed by atoms with Crippen molar-refractivity contribution < 1.29 is 23.9 Å². The van der Waals surface area contributed by atoms with E-state index in [1.165, 1.54) is 7.11 Å². The minimum absolute atomic E-state index is 0.00787. The van der Waals surface area contributed by atoms with E-state index >= 15 is 0 Å². The highest BCUT2D eigenvalue weighted by Crippen LogP contribution is 2.50. The summed E-state index contributed by atoms with van der Waals surface area (Å²) in [4.78, 5) is 41.1. The van der Waals surface area contributed by atoms with Crippen LogP contribution in [0.2, 0.25) is 0 Å². The lowest BCUT2D eigenvalue weighted by Gasteiger charge is -2.46. The molecular weight excluding hydrogens is 384 g/mol. The van der Waals surface area contributed by atoms with E-state index in [0.29, 0.717) is 37.3 Å². The van der Waals surface area contributed by atoms with Gasteiger partial charge in [-0.15, -0.1) is 0 Å². The van der Waals surface area contributed by atoms with Crippen molar-refractivity contribution in [1.82, 2.24) is 10.2 Å². The second-order valence-corrected chi connectivity index (χ2v) is 8.67. The van der Waals surface area contributed by atoms with Gasteiger partial charge in [0.15, 0.2) is 5.78 Å². The molecule has 1 amide bonds. The summed E-state index contributed by atoms with van der Waals surface area (Å²) < 4.78 is 10.3. The molecule has 2 aliphatic heterocycles. The number of ketones is 1. The highest BCUT2D eigenvalue weighted by Gasteiger charge is 2.48. The lowest BCUT2D eigenvalue weighted by Crippen LogP contribution is -2.51. The molecule has 3 aliphatic rings. The van der Waals surface area contributed by atoms with Crippen LogP contribution in [0.25, 0.3) is 0 Å². The van der Waals surface area contributed by atoms with Crippen molar-refractivity contribution in [2.24, 2.45) is 5.41 Å². The van der Waals surface area contributed by atoms with Gasteiger partial charge in [0, 0.05) is 36.7 Å². The molecule has 1 fully saturated rings. The minimum atomic E-state index is -0.656. The van der Waals surface area contributed by atoms with E-state index < -0.39 is 11.9 Å². The number of methoxy groups -OCH3 is 2. The van der Waals surface area contributed by atoms with E-state index in [1.807, 2.05) is 17.0 Å². The smallest absolute Gasteiger partial charge is 0.337 e. The van der Waals surface area contributed by atoms with Gasteiger partial charge < -0.3 is 19.7 Å². The number of allylic oxidation sites excluding steroid dienone is 2. The summed E-state index contributed by atoms with van der Waals surface area (Å²) in [6, 6.07) is 7.25. The standard InChI is InChI=1S/C23H26N2O5/c1-23(2)11-15-18(16(26)12-23)17(13-5-7-14(29-3)8-6-13)19(22(28)30-4)20-21(27)24-9-10-25(15)20/h5-8,17H,9-12H2,1-4H3,(H,24,27)/t17-/m0/s1. The van der Waals surface area contributed by atoms with Crippen molar-refractivity contribution in [3.05, 3.63) is 52.4 Å². The number of piperazine rings is 1. The van der Waals surface area contributed by atoms with Gasteiger partial charge in [0.05, 0.1) is 19.8 Å². The zero-order chi connectivity index (χ0) is 21.6. The van der Waals surface area contributed by atoms with Crippen LogP contribution >= 0.6 is 0 Å². The number of amides is 1. The van der Waals surface area contributed by atoms with Gasteiger partial charge in [-0.1, -0.05) is 26.0 Å². The molecule has 7 nitrogen and oxygen atoms in total. The second-order valence-electron chi connectivity index (χ2n) is 8.67. The summed E-state index contributed by atoms with van der Waals surface area (Å²) in [5, 5.41) is 2.83. The molecule has 1 saturated heterocycles. The first-order valence-electron chi connectivity index (χ1n) is 10.1. The second kappa shape index (κ2) is 7.31. The average molecular weight is 410 g/mol. The minimum Gasteiger partial charge on any atom is -0.497 e. The molecule has 0 spiro atoms. The van der Waals surface area contributed by atoms with Crippen molar-refractivity contribution >= 4 is 17.7 Å². The Morgan fingerprint density at radius 3 is 2.47 bits per heavy atom. The lowest BCUT2D eigenvalue weighted by atomic mass is 9.68. The third kappa shape index (κ3) is 3.18. The molecule has 0 aromatic heterocycles. The van der Waals surface area contributed by atoms with Gasteiger partial charge in [-0.05, 0) is 29.5 Å². The molecular formula is C23H26N2O5. The molecule has 0 saturated carbocycles. The van der Waals surface area contributed by atoms with E-state index in [2.05, 4.69) is 19.2 Å². The van der Waals surface area contributed by atoms with Crippen molar-refractivity contribution in [2.45, 2.75) is 32.6 Å². The van der Waals surface area contributed by atoms with Crippen LogP contribution in [0.3, 0.4) is 0 Å². The van der Waals surface area contributed by atoms with E-state index in [0.717, 1.165) is 11.3 Å². The number of Topliss-reactive ketones (excluding diaryl/α,β-unsaturated/α-hetero) is 1. The van der Waals surface area contributed by atoms with E-state index in [4.69, 9.17) is 9.47 Å². The first-order valence-corrected chi connectivity index (χ1v) is 10.1. The SMILES string of the molecule is COC(=O)C1=C2C(=O)NCCN2C2=C(C(=O)CC(C)(C)C2)[C@@H]1c1ccc(OC)cc1. The topological polar surface area (TPSA) is 84.9 Å². The number of esters is 1. The Hall–Kier alpha value is -3.09. The normalized spacial score (nSPS) is 22.9. The summed E-state index contributed by atoms with van der Waals surface area (Å²) in [6.45, 7) is 5.08. The van der Waals surface area contributed by atoms with Crippen LogP contribution in [0.5, 0.6) is 5.75 Å². The Morgan fingerprint density at radius 2 is 1.83 bits per heavy atom. The maximum absolute atomic E-state index is 13.4. The molecule has 1 aromatic carbocycles. The molecule has 30 heavy (non-hydrogen) atoms. The fourth-order valence-corrected chi connectivity index (χ4v) is 4.74. The van der Waals surface area contributed by atoms with Gasteiger partial charge in [0.2, 0.25) is 0 Å². The molecule has 1 aromatic rings. The lowest BCUT2D eigenvalue weighted by molar-refractivity contribution is -0.137. The molecule has 1 N–H and O–H groups in total. The summed E-state index contributed by atoms with van der Waals surface area (Å²) in [7, 11) is 2.87. The zero-order valence-corrected chi connectivity index (χ0v) is 17.7. The van der Waals surface area contributed by atoms with E-state index in [-0.39, 0.29) is 28.4 Å². The number of nitrogens with zero attached hydrogens (tertiary/aromatic N) is 1. The van der Waals surface area contributed by atoms with Gasteiger partial charge in [-0.2, -0.15) is 0 Å². The summed E-state index contributed by atoms with van der Waals surface area (Å²) >= 11 is 0. The molecule has 7 heteroatoms. The predicted octanol–water partition coefficient (Wildman–Crippen LogP) is 2.29. The fourth-order valence-electron chi connectivity index (χ4n) is 4.74. The average Bonchev–Trinajstić information content (AvgIpc) is 2.72. The summed E-state index contributed by atoms with van der Waals surface area (Å²) in [5.74, 6) is -0.894. The predicted molar refractivity (Wildman–Crippen MR) is 110 cm³/mol. The Morgan fingerprint density at radius 1 is 1.13 bits per heavy atom. The molecule has 4 rings (SSSR count). The number of carbonyl (C=O) groups excluding carboxylic acids is 3. The van der Waals surface area contributed by atoms with Gasteiger partial charge >= 0.3 is 5.97 Å². The Balaban J connectivity index is 1.99. The number of hydrogen-bond donors (Lipinski definition) is 1. The number of rotatable bonds is 3. The highest BCUT2D eigenvalue weighted by atomic mass is 16.5. The van der Waals surface area contributed by atoms with Crippen LogP contribution in [0.4, 0.5) is 0 Å². The molecule has 0 radical (unpaired) electrons. The van der Waals surface area contributed by atoms with Crippen molar-refractivity contribution in [2.75, 3.05) is 27.3 Å². The van der Waals surface area contributed by atoms with Crippen LogP contribution < -0.4 is 10.1 Å². The molecule has 2 heterocycles. The highest BCUT2D eigenvalue weighted by molar-refractivity contribution is 6.09. The molecule has 0 unspecified atom stereocenters. The van der Waals surface area contributed by atoms with E-state index in [1.54, 1.807) is 19.2 Å². The third-order valence-corrected chi connectivity index (χ3v) is 6.02. The van der Waals surface area contributed by atoms with Gasteiger partial charge in [0.25, 0.3) is 5.91 Å². The van der Waals surface area contributed by atoms with Crippen molar-refractivity contribution in [3.63, 3.8) is 0 Å². The number of carbonyl (C=O) groups is 3. The first kappa shape index (κ1) is 20.2. The van der Waals surface area contributed by atoms with Gasteiger partial charge in [0.1, 0.15) is 11.4 Å². The quantitative estimate of drug-likeness (QED) is 0.770. The van der Waals surface area contributed by atoms with Crippen molar-refractivity contribution in [3.8, 4) is 5.75 Å². The number of nitrogens with one attached hydrogen (secondary N) is 1. The van der Waals surface area contributed by atoms with Crippen LogP contribution in [-0.2, 0) is 19.1 Å². The number of fused-ring (bicyclic) bond motifs is 2. The molecule has 1 atom stereocenters. The van der Waals surface area contributed by atoms with Gasteiger partial charge in [-0.3, -0.25) is 9.59 Å². The van der Waals surface area contributed by atoms with E-state index in [9.17, 15) is 14.4 Å². The van der Waals surface area contributed by atoms with Crippen molar-refractivity contribution in [1.29, 1.82) is 0 Å². The first-order chi connectivity index (χ1) is 14.3. The Labute approximate surface area is 175 Å². The molecule has 1 aliphatic carbocycles. The van der Waals surface area contributed by atoms with Crippen LogP contribution in [0, 0.1) is 5.41 Å². The fraction of sp³-hybridized carbons (Fsp3) is 0.435. The zero-order valence-electron chi connectivity index (χ0n) is 17.7. The van der Waals surface area contributed by atoms with Crippen LogP contribution in [0.15, 0.2) is 46.8 Å². The maximum Gasteiger partial charge on any atom is 0.337 e. The number of benzene rings is 1. The maximum atomic E-state index is 13.4. The summed E-state index contributed by atoms with van der Waals surface area (Å²) in [6.07, 6.45) is 1.05. The number of hydrogen-bond acceptors (Lipinski definition) is 6. The van der Waals surface area contributed by atoms with Crippen LogP contribution in [0.1, 0.15) is 38.2 Å². The van der Waals surface area contributed by atoms with Gasteiger partial charge in [-0.25, -0.2) is 4.79 Å². The third-order valence-electron chi connectivity index (χ3n) is 6.02. The monoisotopic (exact) mass is 410 g/mol. The molecule has 0 bridgehead atoms. The summed E-state index contributed by atoms with van der Waals surface area (Å²) in [5.41, 5.74) is 2.47. The molecule has 158 valence electrons.